The third-order valence-electron chi connectivity index (χ3n) is 9.58. The summed E-state index contributed by atoms with van der Waals surface area (Å²) in [6.07, 6.45) is 35.3. The van der Waals surface area contributed by atoms with Gasteiger partial charge in [0.15, 0.2) is 0 Å². The molecule has 2 saturated carbocycles. The Kier molecular flexibility index (Phi) is 15.1. The average molecular weight is 501 g/mol. The smallest absolute Gasteiger partial charge is 0.00792 e. The van der Waals surface area contributed by atoms with Crippen molar-refractivity contribution in [1.82, 2.24) is 0 Å². The van der Waals surface area contributed by atoms with Crippen LogP contribution in [0, 0.1) is 11.8 Å². The van der Waals surface area contributed by atoms with Gasteiger partial charge in [0.1, 0.15) is 0 Å². The minimum absolute atomic E-state index is 0.882. The molecule has 2 aliphatic carbocycles. The molecule has 202 valence electrons. The van der Waals surface area contributed by atoms with Gasteiger partial charge in [0, 0.05) is 9.75 Å². The fraction of sp³-hybridized carbons (Fsp3) is 0.882. The molecule has 0 unspecified atom stereocenters. The molecule has 1 aromatic rings. The standard InChI is InChI=1S/C34H60S/c1-3-5-7-9-11-12-14-16-18-30-21-25-32(26-22-30)34-28-27-33(35-34)31-23-19-29(20-24-31)17-15-13-10-8-6-4-2/h27-32H,3-26H2,1-2H3. The Bertz CT molecular complexity index is 614. The van der Waals surface area contributed by atoms with Gasteiger partial charge in [-0.25, -0.2) is 0 Å². The van der Waals surface area contributed by atoms with E-state index in [4.69, 9.17) is 0 Å². The third-order valence-corrected chi connectivity index (χ3v) is 11.0. The van der Waals surface area contributed by atoms with Gasteiger partial charge >= 0.3 is 0 Å². The highest BCUT2D eigenvalue weighted by Gasteiger charge is 2.26. The predicted octanol–water partition coefficient (Wildman–Crippen LogP) is 12.6. The summed E-state index contributed by atoms with van der Waals surface area (Å²) in [5.41, 5.74) is 0. The molecular formula is C34H60S. The zero-order chi connectivity index (χ0) is 24.6. The van der Waals surface area contributed by atoms with Crippen LogP contribution in [0.4, 0.5) is 0 Å². The topological polar surface area (TPSA) is 0 Å². The quantitative estimate of drug-likeness (QED) is 0.176. The van der Waals surface area contributed by atoms with Crippen molar-refractivity contribution in [3.8, 4) is 0 Å². The Labute approximate surface area is 224 Å². The number of rotatable bonds is 18. The van der Waals surface area contributed by atoms with E-state index in [1.54, 1.807) is 9.75 Å². The average Bonchev–Trinajstić information content (AvgIpc) is 3.39. The van der Waals surface area contributed by atoms with E-state index in [1.807, 2.05) is 0 Å². The Morgan fingerprint density at radius 2 is 0.829 bits per heavy atom. The molecule has 1 aromatic heterocycles. The van der Waals surface area contributed by atoms with Crippen LogP contribution in [-0.2, 0) is 0 Å². The Hall–Kier alpha value is -0.300. The molecule has 0 aliphatic heterocycles. The Balaban J connectivity index is 1.25. The lowest BCUT2D eigenvalue weighted by Crippen LogP contribution is -2.13. The molecule has 0 spiro atoms. The molecule has 0 radical (unpaired) electrons. The zero-order valence-electron chi connectivity index (χ0n) is 23.8. The summed E-state index contributed by atoms with van der Waals surface area (Å²) in [7, 11) is 0. The normalized spacial score (nSPS) is 25.2. The van der Waals surface area contributed by atoms with Gasteiger partial charge in [-0.05, 0) is 87.2 Å². The maximum atomic E-state index is 2.53. The van der Waals surface area contributed by atoms with E-state index in [9.17, 15) is 0 Å². The van der Waals surface area contributed by atoms with Crippen LogP contribution >= 0.6 is 11.3 Å². The highest BCUT2D eigenvalue weighted by atomic mass is 32.1. The maximum absolute atomic E-state index is 2.53. The van der Waals surface area contributed by atoms with Gasteiger partial charge in [-0.1, -0.05) is 117 Å². The lowest BCUT2D eigenvalue weighted by atomic mass is 9.79. The van der Waals surface area contributed by atoms with E-state index in [2.05, 4.69) is 37.3 Å². The second kappa shape index (κ2) is 18.0. The lowest BCUT2D eigenvalue weighted by molar-refractivity contribution is 0.303. The van der Waals surface area contributed by atoms with Crippen molar-refractivity contribution in [3.63, 3.8) is 0 Å². The summed E-state index contributed by atoms with van der Waals surface area (Å²) < 4.78 is 0. The van der Waals surface area contributed by atoms with Crippen LogP contribution in [0.5, 0.6) is 0 Å². The van der Waals surface area contributed by atoms with Crippen LogP contribution in [-0.4, -0.2) is 0 Å². The molecular weight excluding hydrogens is 440 g/mol. The molecule has 0 atom stereocenters. The second-order valence-corrected chi connectivity index (χ2v) is 13.6. The third kappa shape index (κ3) is 11.3. The molecule has 0 aromatic carbocycles. The molecule has 2 fully saturated rings. The highest BCUT2D eigenvalue weighted by Crippen LogP contribution is 2.44. The van der Waals surface area contributed by atoms with Crippen LogP contribution in [0.1, 0.15) is 190 Å². The Morgan fingerprint density at radius 3 is 1.20 bits per heavy atom. The van der Waals surface area contributed by atoms with Crippen LogP contribution < -0.4 is 0 Å². The van der Waals surface area contributed by atoms with Crippen LogP contribution in [0.15, 0.2) is 12.1 Å². The fourth-order valence-corrected chi connectivity index (χ4v) is 8.41. The van der Waals surface area contributed by atoms with Crippen molar-refractivity contribution in [2.75, 3.05) is 0 Å². The monoisotopic (exact) mass is 500 g/mol. The zero-order valence-corrected chi connectivity index (χ0v) is 24.7. The van der Waals surface area contributed by atoms with E-state index in [-0.39, 0.29) is 0 Å². The minimum Gasteiger partial charge on any atom is -0.145 e. The van der Waals surface area contributed by atoms with E-state index >= 15 is 0 Å². The number of hydrogen-bond donors (Lipinski definition) is 0. The largest absolute Gasteiger partial charge is 0.145 e. The van der Waals surface area contributed by atoms with E-state index in [0.29, 0.717) is 0 Å². The van der Waals surface area contributed by atoms with Gasteiger partial charge in [-0.2, -0.15) is 0 Å². The molecule has 0 N–H and O–H groups in total. The molecule has 0 amide bonds. The van der Waals surface area contributed by atoms with Gasteiger partial charge in [-0.15, -0.1) is 11.3 Å². The summed E-state index contributed by atoms with van der Waals surface area (Å²) in [6, 6.07) is 5.07. The summed E-state index contributed by atoms with van der Waals surface area (Å²) in [4.78, 5) is 3.47. The molecule has 2 aliphatic rings. The predicted molar refractivity (Wildman–Crippen MR) is 159 cm³/mol. The van der Waals surface area contributed by atoms with Gasteiger partial charge in [0.2, 0.25) is 0 Å². The van der Waals surface area contributed by atoms with E-state index in [0.717, 1.165) is 23.7 Å². The SMILES string of the molecule is CCCCCCCCCCC1CCC(c2ccc(C3CCC(CCCCCCCC)CC3)s2)CC1. The molecule has 0 saturated heterocycles. The van der Waals surface area contributed by atoms with Crippen molar-refractivity contribution in [2.24, 2.45) is 11.8 Å². The van der Waals surface area contributed by atoms with Crippen molar-refractivity contribution in [2.45, 2.75) is 180 Å². The molecule has 0 bridgehead atoms. The van der Waals surface area contributed by atoms with Crippen LogP contribution in [0.2, 0.25) is 0 Å². The first-order valence-corrected chi connectivity index (χ1v) is 17.2. The van der Waals surface area contributed by atoms with Crippen molar-refractivity contribution < 1.29 is 0 Å². The lowest BCUT2D eigenvalue weighted by Gasteiger charge is -2.29. The van der Waals surface area contributed by atoms with E-state index in [1.165, 1.54) is 154 Å². The van der Waals surface area contributed by atoms with Gasteiger partial charge in [0.05, 0.1) is 0 Å². The number of hydrogen-bond acceptors (Lipinski definition) is 1. The van der Waals surface area contributed by atoms with E-state index < -0.39 is 0 Å². The maximum Gasteiger partial charge on any atom is 0.00792 e. The molecule has 1 heterocycles. The molecule has 35 heavy (non-hydrogen) atoms. The Morgan fingerprint density at radius 1 is 0.486 bits per heavy atom. The summed E-state index contributed by atoms with van der Waals surface area (Å²) in [5.74, 6) is 3.83. The first-order chi connectivity index (χ1) is 17.3. The minimum atomic E-state index is 0.882. The number of thiophene rings is 1. The fourth-order valence-electron chi connectivity index (χ4n) is 7.06. The van der Waals surface area contributed by atoms with Crippen molar-refractivity contribution in [1.29, 1.82) is 0 Å². The number of unbranched alkanes of at least 4 members (excludes halogenated alkanes) is 12. The van der Waals surface area contributed by atoms with Gasteiger partial charge in [0.25, 0.3) is 0 Å². The summed E-state index contributed by atoms with van der Waals surface area (Å²) in [5, 5.41) is 0. The first-order valence-electron chi connectivity index (χ1n) is 16.4. The van der Waals surface area contributed by atoms with Crippen molar-refractivity contribution >= 4 is 11.3 Å². The van der Waals surface area contributed by atoms with Crippen LogP contribution in [0.3, 0.4) is 0 Å². The van der Waals surface area contributed by atoms with Gasteiger partial charge in [-0.3, -0.25) is 0 Å². The summed E-state index contributed by atoms with van der Waals surface area (Å²) >= 11 is 2.21. The molecule has 1 heteroatoms. The molecule has 0 nitrogen and oxygen atoms in total. The summed E-state index contributed by atoms with van der Waals surface area (Å²) in [6.45, 7) is 4.63. The first kappa shape index (κ1) is 29.3. The molecule has 3 rings (SSSR count). The van der Waals surface area contributed by atoms with Gasteiger partial charge < -0.3 is 0 Å². The van der Waals surface area contributed by atoms with Crippen LogP contribution in [0.25, 0.3) is 0 Å². The van der Waals surface area contributed by atoms with Crippen molar-refractivity contribution in [3.05, 3.63) is 21.9 Å². The second-order valence-electron chi connectivity index (χ2n) is 12.5. The highest BCUT2D eigenvalue weighted by molar-refractivity contribution is 7.12.